The van der Waals surface area contributed by atoms with Crippen LogP contribution in [0.2, 0.25) is 0 Å². The first-order valence-corrected chi connectivity index (χ1v) is 6.22. The Kier molecular flexibility index (Phi) is 3.76. The quantitative estimate of drug-likeness (QED) is 0.772. The van der Waals surface area contributed by atoms with Gasteiger partial charge in [-0.1, -0.05) is 6.92 Å². The second kappa shape index (κ2) is 5.14. The number of hydrogen-bond acceptors (Lipinski definition) is 2. The van der Waals surface area contributed by atoms with E-state index in [1.54, 1.807) is 0 Å². The lowest BCUT2D eigenvalue weighted by molar-refractivity contribution is 0.0863. The summed E-state index contributed by atoms with van der Waals surface area (Å²) < 4.78 is 25.9. The van der Waals surface area contributed by atoms with Crippen LogP contribution < -0.4 is 0 Å². The number of Topliss-reactive ketones (excluding diaryl/α,β-unsaturated/α-hetero) is 1. The topological polar surface area (TPSA) is 20.3 Å². The number of rotatable bonds is 3. The molecule has 1 aliphatic rings. The van der Waals surface area contributed by atoms with E-state index < -0.39 is 11.6 Å². The van der Waals surface area contributed by atoms with Crippen LogP contribution >= 0.6 is 0 Å². The van der Waals surface area contributed by atoms with Crippen molar-refractivity contribution in [2.24, 2.45) is 5.92 Å². The molecule has 1 aliphatic heterocycles. The number of nitrogens with zero attached hydrogens (tertiary/aromatic N) is 1. The first-order chi connectivity index (χ1) is 8.49. The van der Waals surface area contributed by atoms with E-state index in [4.69, 9.17) is 0 Å². The van der Waals surface area contributed by atoms with Gasteiger partial charge in [-0.2, -0.15) is 0 Å². The first kappa shape index (κ1) is 13.1. The Bertz CT molecular complexity index is 461. The van der Waals surface area contributed by atoms with Gasteiger partial charge in [-0.3, -0.25) is 9.69 Å². The van der Waals surface area contributed by atoms with Gasteiger partial charge in [-0.05, 0) is 44.0 Å². The minimum Gasteiger partial charge on any atom is -0.293 e. The Morgan fingerprint density at radius 2 is 2.11 bits per heavy atom. The number of halogens is 2. The molecule has 1 fully saturated rings. The van der Waals surface area contributed by atoms with Crippen LogP contribution in [0.25, 0.3) is 0 Å². The van der Waals surface area contributed by atoms with E-state index in [2.05, 4.69) is 11.8 Å². The molecule has 0 aliphatic carbocycles. The van der Waals surface area contributed by atoms with E-state index in [1.165, 1.54) is 6.07 Å². The lowest BCUT2D eigenvalue weighted by Gasteiger charge is -2.22. The molecule has 1 heterocycles. The second-order valence-corrected chi connectivity index (χ2v) is 5.06. The highest BCUT2D eigenvalue weighted by Gasteiger charge is 2.28. The molecule has 18 heavy (non-hydrogen) atoms. The zero-order chi connectivity index (χ0) is 13.3. The summed E-state index contributed by atoms with van der Waals surface area (Å²) in [5.41, 5.74) is 0.237. The highest BCUT2D eigenvalue weighted by Crippen LogP contribution is 2.20. The van der Waals surface area contributed by atoms with Crippen LogP contribution in [-0.4, -0.2) is 29.8 Å². The lowest BCUT2D eigenvalue weighted by Crippen LogP contribution is -2.37. The Labute approximate surface area is 106 Å². The standard InChI is InChI=1S/C14H17F2NO/c1-9-5-6-17(8-9)10(2)14(18)11-3-4-12(15)13(16)7-11/h3-4,7,9-10H,5-6,8H2,1-2H3. The van der Waals surface area contributed by atoms with Crippen molar-refractivity contribution >= 4 is 5.78 Å². The highest BCUT2D eigenvalue weighted by molar-refractivity contribution is 5.99. The smallest absolute Gasteiger partial charge is 0.179 e. The molecule has 1 aromatic rings. The van der Waals surface area contributed by atoms with Gasteiger partial charge in [0.1, 0.15) is 0 Å². The number of likely N-dealkylation sites (tertiary alicyclic amines) is 1. The fraction of sp³-hybridized carbons (Fsp3) is 0.500. The van der Waals surface area contributed by atoms with Crippen LogP contribution in [0.15, 0.2) is 18.2 Å². The summed E-state index contributed by atoms with van der Waals surface area (Å²) >= 11 is 0. The third-order valence-corrected chi connectivity index (χ3v) is 3.59. The molecule has 2 nitrogen and oxygen atoms in total. The highest BCUT2D eigenvalue weighted by atomic mass is 19.2. The van der Waals surface area contributed by atoms with Crippen molar-refractivity contribution in [3.63, 3.8) is 0 Å². The van der Waals surface area contributed by atoms with Gasteiger partial charge in [0.05, 0.1) is 6.04 Å². The number of hydrogen-bond donors (Lipinski definition) is 0. The van der Waals surface area contributed by atoms with Gasteiger partial charge in [-0.25, -0.2) is 8.78 Å². The van der Waals surface area contributed by atoms with Crippen LogP contribution in [0.5, 0.6) is 0 Å². The predicted octanol–water partition coefficient (Wildman–Crippen LogP) is 2.88. The largest absolute Gasteiger partial charge is 0.293 e. The molecule has 2 rings (SSSR count). The molecule has 0 aromatic heterocycles. The van der Waals surface area contributed by atoms with Gasteiger partial charge in [0.25, 0.3) is 0 Å². The molecule has 1 saturated heterocycles. The maximum Gasteiger partial charge on any atom is 0.179 e. The van der Waals surface area contributed by atoms with Gasteiger partial charge < -0.3 is 0 Å². The van der Waals surface area contributed by atoms with Gasteiger partial charge in [0, 0.05) is 12.1 Å². The molecule has 2 unspecified atom stereocenters. The van der Waals surface area contributed by atoms with Crippen molar-refractivity contribution in [3.8, 4) is 0 Å². The Morgan fingerprint density at radius 3 is 2.67 bits per heavy atom. The third kappa shape index (κ3) is 2.58. The van der Waals surface area contributed by atoms with Gasteiger partial charge >= 0.3 is 0 Å². The summed E-state index contributed by atoms with van der Waals surface area (Å²) in [6, 6.07) is 3.05. The maximum absolute atomic E-state index is 13.1. The normalized spacial score (nSPS) is 22.1. The molecule has 2 atom stereocenters. The van der Waals surface area contributed by atoms with Crippen molar-refractivity contribution in [1.82, 2.24) is 4.90 Å². The van der Waals surface area contributed by atoms with E-state index >= 15 is 0 Å². The van der Waals surface area contributed by atoms with Crippen LogP contribution in [0.3, 0.4) is 0 Å². The molecular weight excluding hydrogens is 236 g/mol. The van der Waals surface area contributed by atoms with Crippen LogP contribution in [0.1, 0.15) is 30.6 Å². The molecule has 0 saturated carbocycles. The lowest BCUT2D eigenvalue weighted by atomic mass is 10.0. The molecule has 98 valence electrons. The van der Waals surface area contributed by atoms with E-state index in [0.29, 0.717) is 5.92 Å². The summed E-state index contributed by atoms with van der Waals surface area (Å²) in [4.78, 5) is 14.3. The molecule has 4 heteroatoms. The predicted molar refractivity (Wildman–Crippen MR) is 65.5 cm³/mol. The first-order valence-electron chi connectivity index (χ1n) is 6.22. The van der Waals surface area contributed by atoms with Crippen molar-refractivity contribution in [3.05, 3.63) is 35.4 Å². The summed E-state index contributed by atoms with van der Waals surface area (Å²) in [5, 5.41) is 0. The van der Waals surface area contributed by atoms with E-state index in [-0.39, 0.29) is 17.4 Å². The minimum absolute atomic E-state index is 0.150. The molecule has 0 N–H and O–H groups in total. The van der Waals surface area contributed by atoms with Crippen molar-refractivity contribution in [1.29, 1.82) is 0 Å². The van der Waals surface area contributed by atoms with Crippen LogP contribution in [-0.2, 0) is 0 Å². The average molecular weight is 253 g/mol. The number of ketones is 1. The molecule has 0 spiro atoms. The zero-order valence-corrected chi connectivity index (χ0v) is 10.6. The fourth-order valence-corrected chi connectivity index (χ4v) is 2.38. The number of carbonyl (C=O) groups excluding carboxylic acids is 1. The molecule has 0 radical (unpaired) electrons. The monoisotopic (exact) mass is 253 g/mol. The number of benzene rings is 1. The minimum atomic E-state index is -0.970. The molecule has 0 amide bonds. The fourth-order valence-electron chi connectivity index (χ4n) is 2.38. The van der Waals surface area contributed by atoms with E-state index in [1.807, 2.05) is 6.92 Å². The van der Waals surface area contributed by atoms with E-state index in [9.17, 15) is 13.6 Å². The van der Waals surface area contributed by atoms with Crippen LogP contribution in [0, 0.1) is 17.6 Å². The van der Waals surface area contributed by atoms with Gasteiger partial charge in [0.2, 0.25) is 0 Å². The van der Waals surface area contributed by atoms with Crippen molar-refractivity contribution < 1.29 is 13.6 Å². The summed E-state index contributed by atoms with van der Waals surface area (Å²) in [6.45, 7) is 5.74. The second-order valence-electron chi connectivity index (χ2n) is 5.06. The Balaban J connectivity index is 2.12. The van der Waals surface area contributed by atoms with Gasteiger partial charge in [-0.15, -0.1) is 0 Å². The average Bonchev–Trinajstić information content (AvgIpc) is 2.77. The molecule has 0 bridgehead atoms. The number of carbonyl (C=O) groups is 1. The van der Waals surface area contributed by atoms with Gasteiger partial charge in [0.15, 0.2) is 17.4 Å². The Hall–Kier alpha value is -1.29. The summed E-state index contributed by atoms with van der Waals surface area (Å²) in [7, 11) is 0. The van der Waals surface area contributed by atoms with Crippen LogP contribution in [0.4, 0.5) is 8.78 Å². The summed E-state index contributed by atoms with van der Waals surface area (Å²) in [6.07, 6.45) is 1.08. The zero-order valence-electron chi connectivity index (χ0n) is 10.6. The molecule has 1 aromatic carbocycles. The van der Waals surface area contributed by atoms with Crippen molar-refractivity contribution in [2.45, 2.75) is 26.3 Å². The van der Waals surface area contributed by atoms with Crippen molar-refractivity contribution in [2.75, 3.05) is 13.1 Å². The maximum atomic E-state index is 13.1. The van der Waals surface area contributed by atoms with E-state index in [0.717, 1.165) is 31.6 Å². The Morgan fingerprint density at radius 1 is 1.39 bits per heavy atom. The third-order valence-electron chi connectivity index (χ3n) is 3.59. The SMILES string of the molecule is CC1CCN(C(C)C(=O)c2ccc(F)c(F)c2)C1. The summed E-state index contributed by atoms with van der Waals surface area (Å²) in [5.74, 6) is -1.45. The molecular formula is C14H17F2NO.